The number of pyridine rings is 1. The molecule has 0 atom stereocenters. The minimum atomic E-state index is 0.188. The summed E-state index contributed by atoms with van der Waals surface area (Å²) < 4.78 is 5.77. The van der Waals surface area contributed by atoms with Crippen molar-refractivity contribution in [3.63, 3.8) is 0 Å². The van der Waals surface area contributed by atoms with Crippen LogP contribution in [0.5, 0.6) is 5.75 Å². The fourth-order valence-corrected chi connectivity index (χ4v) is 1.98. The summed E-state index contributed by atoms with van der Waals surface area (Å²) in [5.74, 6) is 0.982. The fourth-order valence-electron chi connectivity index (χ4n) is 1.66. The number of aromatic nitrogens is 2. The van der Waals surface area contributed by atoms with Crippen molar-refractivity contribution in [1.82, 2.24) is 15.0 Å². The van der Waals surface area contributed by atoms with E-state index in [-0.39, 0.29) is 5.75 Å². The van der Waals surface area contributed by atoms with Crippen molar-refractivity contribution in [1.29, 1.82) is 0 Å². The number of rotatable bonds is 4. The minimum Gasteiger partial charge on any atom is -0.506 e. The van der Waals surface area contributed by atoms with Crippen LogP contribution in [0, 0.1) is 6.92 Å². The summed E-state index contributed by atoms with van der Waals surface area (Å²) in [7, 11) is 1.94. The summed E-state index contributed by atoms with van der Waals surface area (Å²) in [6.07, 6.45) is 1.67. The molecule has 0 aliphatic heterocycles. The fraction of sp³-hybridized carbons (Fsp3) is 0.333. The molecule has 0 fully saturated rings. The molecule has 5 nitrogen and oxygen atoms in total. The Morgan fingerprint density at radius 2 is 2.17 bits per heavy atom. The van der Waals surface area contributed by atoms with Gasteiger partial charge in [-0.2, -0.15) is 0 Å². The van der Waals surface area contributed by atoms with Gasteiger partial charge in [0.05, 0.1) is 11.4 Å². The number of nitrogens with zero attached hydrogens (tertiary/aromatic N) is 3. The standard InChI is InChI=1S/C12H14BrN3O2/c1-8-3-10(15-18-8)6-16(2)7-11-12(17)4-9(13)5-14-11/h3-5,17H,6-7H2,1-2H3. The Hall–Kier alpha value is -1.40. The number of hydrogen-bond donors (Lipinski definition) is 1. The van der Waals surface area contributed by atoms with Crippen molar-refractivity contribution in [2.45, 2.75) is 20.0 Å². The van der Waals surface area contributed by atoms with Gasteiger partial charge >= 0.3 is 0 Å². The van der Waals surface area contributed by atoms with Crippen molar-refractivity contribution >= 4 is 15.9 Å². The van der Waals surface area contributed by atoms with E-state index in [9.17, 15) is 5.11 Å². The zero-order chi connectivity index (χ0) is 13.1. The Labute approximate surface area is 114 Å². The van der Waals surface area contributed by atoms with E-state index in [1.165, 1.54) is 0 Å². The number of hydrogen-bond acceptors (Lipinski definition) is 5. The second-order valence-corrected chi connectivity index (χ2v) is 5.14. The first kappa shape index (κ1) is 13.0. The van der Waals surface area contributed by atoms with Gasteiger partial charge in [-0.3, -0.25) is 9.88 Å². The van der Waals surface area contributed by atoms with E-state index in [0.717, 1.165) is 15.9 Å². The zero-order valence-electron chi connectivity index (χ0n) is 10.2. The number of aromatic hydroxyl groups is 1. The van der Waals surface area contributed by atoms with E-state index in [2.05, 4.69) is 26.1 Å². The molecular weight excluding hydrogens is 298 g/mol. The van der Waals surface area contributed by atoms with Crippen LogP contribution in [0.4, 0.5) is 0 Å². The smallest absolute Gasteiger partial charge is 0.139 e. The molecule has 2 rings (SSSR count). The summed E-state index contributed by atoms with van der Waals surface area (Å²) in [6.45, 7) is 3.05. The Balaban J connectivity index is 2.00. The van der Waals surface area contributed by atoms with Crippen LogP contribution in [0.15, 0.2) is 27.3 Å². The molecule has 0 unspecified atom stereocenters. The minimum absolute atomic E-state index is 0.188. The van der Waals surface area contributed by atoms with Gasteiger partial charge in [-0.25, -0.2) is 0 Å². The molecule has 2 aromatic heterocycles. The van der Waals surface area contributed by atoms with E-state index < -0.39 is 0 Å². The molecule has 18 heavy (non-hydrogen) atoms. The third-order valence-electron chi connectivity index (χ3n) is 2.44. The summed E-state index contributed by atoms with van der Waals surface area (Å²) in [5.41, 5.74) is 1.51. The maximum absolute atomic E-state index is 9.76. The number of aryl methyl sites for hydroxylation is 1. The lowest BCUT2D eigenvalue weighted by Crippen LogP contribution is -2.18. The van der Waals surface area contributed by atoms with E-state index in [1.807, 2.05) is 24.9 Å². The summed E-state index contributed by atoms with van der Waals surface area (Å²) >= 11 is 3.26. The topological polar surface area (TPSA) is 62.4 Å². The van der Waals surface area contributed by atoms with Crippen LogP contribution in [0.1, 0.15) is 17.1 Å². The van der Waals surface area contributed by atoms with Gasteiger partial charge in [0.1, 0.15) is 11.5 Å². The molecule has 0 saturated heterocycles. The van der Waals surface area contributed by atoms with Crippen molar-refractivity contribution in [3.8, 4) is 5.75 Å². The summed E-state index contributed by atoms with van der Waals surface area (Å²) in [6, 6.07) is 3.53. The molecular formula is C12H14BrN3O2. The molecule has 0 radical (unpaired) electrons. The zero-order valence-corrected chi connectivity index (χ0v) is 11.8. The normalized spacial score (nSPS) is 11.1. The molecule has 2 aromatic rings. The lowest BCUT2D eigenvalue weighted by Gasteiger charge is -2.15. The average Bonchev–Trinajstić information content (AvgIpc) is 2.68. The molecule has 0 spiro atoms. The maximum atomic E-state index is 9.76. The molecule has 1 N–H and O–H groups in total. The highest BCUT2D eigenvalue weighted by molar-refractivity contribution is 9.10. The van der Waals surface area contributed by atoms with Crippen LogP contribution >= 0.6 is 15.9 Å². The molecule has 0 aliphatic rings. The second-order valence-electron chi connectivity index (χ2n) is 4.22. The molecule has 0 aliphatic carbocycles. The molecule has 0 bridgehead atoms. The van der Waals surface area contributed by atoms with Crippen LogP contribution in [0.3, 0.4) is 0 Å². The lowest BCUT2D eigenvalue weighted by molar-refractivity contribution is 0.293. The maximum Gasteiger partial charge on any atom is 0.139 e. The van der Waals surface area contributed by atoms with Gasteiger partial charge in [-0.15, -0.1) is 0 Å². The van der Waals surface area contributed by atoms with E-state index in [1.54, 1.807) is 12.3 Å². The van der Waals surface area contributed by atoms with Crippen LogP contribution in [-0.2, 0) is 13.1 Å². The first-order valence-electron chi connectivity index (χ1n) is 5.48. The third-order valence-corrected chi connectivity index (χ3v) is 2.88. The predicted octanol–water partition coefficient (Wildman–Crippen LogP) is 2.48. The lowest BCUT2D eigenvalue weighted by atomic mass is 10.3. The predicted molar refractivity (Wildman–Crippen MR) is 70.0 cm³/mol. The highest BCUT2D eigenvalue weighted by atomic mass is 79.9. The second kappa shape index (κ2) is 5.49. The van der Waals surface area contributed by atoms with Crippen molar-refractivity contribution in [2.75, 3.05) is 7.05 Å². The van der Waals surface area contributed by atoms with E-state index >= 15 is 0 Å². The van der Waals surface area contributed by atoms with Crippen LogP contribution in [0.25, 0.3) is 0 Å². The highest BCUT2D eigenvalue weighted by Gasteiger charge is 2.09. The molecule has 0 amide bonds. The van der Waals surface area contributed by atoms with Gasteiger partial charge in [0.25, 0.3) is 0 Å². The molecule has 96 valence electrons. The molecule has 6 heteroatoms. The Morgan fingerprint density at radius 3 is 2.78 bits per heavy atom. The molecule has 2 heterocycles. The van der Waals surface area contributed by atoms with Gasteiger partial charge in [-0.1, -0.05) is 5.16 Å². The average molecular weight is 312 g/mol. The van der Waals surface area contributed by atoms with Gasteiger partial charge in [0.2, 0.25) is 0 Å². The Morgan fingerprint density at radius 1 is 1.39 bits per heavy atom. The third kappa shape index (κ3) is 3.30. The van der Waals surface area contributed by atoms with Gasteiger partial charge in [-0.05, 0) is 36.0 Å². The van der Waals surface area contributed by atoms with Crippen molar-refractivity contribution < 1.29 is 9.63 Å². The van der Waals surface area contributed by atoms with Gasteiger partial charge in [0, 0.05) is 29.8 Å². The van der Waals surface area contributed by atoms with E-state index in [0.29, 0.717) is 18.8 Å². The molecule has 0 saturated carbocycles. The monoisotopic (exact) mass is 311 g/mol. The van der Waals surface area contributed by atoms with Crippen molar-refractivity contribution in [2.24, 2.45) is 0 Å². The van der Waals surface area contributed by atoms with E-state index in [4.69, 9.17) is 4.52 Å². The summed E-state index contributed by atoms with van der Waals surface area (Å²) in [5, 5.41) is 13.7. The first-order valence-corrected chi connectivity index (χ1v) is 6.28. The first-order chi connectivity index (χ1) is 8.54. The van der Waals surface area contributed by atoms with Crippen LogP contribution < -0.4 is 0 Å². The van der Waals surface area contributed by atoms with Crippen molar-refractivity contribution in [3.05, 3.63) is 40.0 Å². The Bertz CT molecular complexity index is 542. The Kier molecular flexibility index (Phi) is 3.98. The van der Waals surface area contributed by atoms with Crippen LogP contribution in [0.2, 0.25) is 0 Å². The SMILES string of the molecule is Cc1cc(CN(C)Cc2ncc(Br)cc2O)no1. The summed E-state index contributed by atoms with van der Waals surface area (Å²) in [4.78, 5) is 6.19. The van der Waals surface area contributed by atoms with Crippen LogP contribution in [-0.4, -0.2) is 27.2 Å². The number of halogens is 1. The van der Waals surface area contributed by atoms with Gasteiger partial charge in [0.15, 0.2) is 0 Å². The van der Waals surface area contributed by atoms with Gasteiger partial charge < -0.3 is 9.63 Å². The largest absolute Gasteiger partial charge is 0.506 e. The quantitative estimate of drug-likeness (QED) is 0.940. The highest BCUT2D eigenvalue weighted by Crippen LogP contribution is 2.21. The molecule has 0 aromatic carbocycles.